The molecule has 3 N–H and O–H groups in total. The number of carbonyl (C=O) groups is 1. The quantitative estimate of drug-likeness (QED) is 0.246. The molecule has 8 heteroatoms. The van der Waals surface area contributed by atoms with Gasteiger partial charge in [0, 0.05) is 31.7 Å². The standard InChI is InChI=1S/C19H37N5O2.HI/c1-3-26-19(25)24-14-10-16(11-15-24)22-18(20)21-12-7-13-23(2)17-8-5-4-6-9-17;/h16-17H,3-15H2,1-2H3,(H3,20,21,22);1H. The molecule has 0 aromatic rings. The molecule has 0 unspecified atom stereocenters. The van der Waals surface area contributed by atoms with Gasteiger partial charge in [-0.1, -0.05) is 19.3 Å². The third-order valence-corrected chi connectivity index (χ3v) is 5.52. The van der Waals surface area contributed by atoms with Crippen LogP contribution in [0.3, 0.4) is 0 Å². The second kappa shape index (κ2) is 13.4. The molecule has 2 rings (SSSR count). The number of likely N-dealkylation sites (tertiary alicyclic amines) is 1. The Morgan fingerprint density at radius 3 is 2.52 bits per heavy atom. The van der Waals surface area contributed by atoms with Crippen molar-refractivity contribution in [3.63, 3.8) is 0 Å². The Morgan fingerprint density at radius 1 is 1.22 bits per heavy atom. The average Bonchev–Trinajstić information content (AvgIpc) is 2.66. The monoisotopic (exact) mass is 495 g/mol. The summed E-state index contributed by atoms with van der Waals surface area (Å²) in [4.78, 5) is 20.4. The van der Waals surface area contributed by atoms with Gasteiger partial charge < -0.3 is 25.6 Å². The zero-order valence-electron chi connectivity index (χ0n) is 17.0. The number of piperidine rings is 1. The zero-order chi connectivity index (χ0) is 18.8. The molecule has 2 aliphatic rings. The van der Waals surface area contributed by atoms with Crippen molar-refractivity contribution in [2.45, 2.75) is 70.4 Å². The summed E-state index contributed by atoms with van der Waals surface area (Å²) in [6.07, 6.45) is 9.40. The first-order valence-corrected chi connectivity index (χ1v) is 10.3. The largest absolute Gasteiger partial charge is 0.450 e. The van der Waals surface area contributed by atoms with E-state index in [0.717, 1.165) is 38.4 Å². The van der Waals surface area contributed by atoms with E-state index in [2.05, 4.69) is 22.3 Å². The number of hydrogen-bond acceptors (Lipinski definition) is 4. The van der Waals surface area contributed by atoms with E-state index in [1.807, 2.05) is 6.92 Å². The fourth-order valence-corrected chi connectivity index (χ4v) is 3.90. The molecule has 158 valence electrons. The molecule has 1 aliphatic heterocycles. The third-order valence-electron chi connectivity index (χ3n) is 5.52. The second-order valence-corrected chi connectivity index (χ2v) is 7.50. The highest BCUT2D eigenvalue weighted by Crippen LogP contribution is 2.21. The molecule has 0 spiro atoms. The molecule has 1 amide bonds. The van der Waals surface area contributed by atoms with Crippen LogP contribution in [0.25, 0.3) is 0 Å². The maximum absolute atomic E-state index is 11.7. The minimum atomic E-state index is -0.213. The van der Waals surface area contributed by atoms with Crippen LogP contribution in [0, 0.1) is 0 Å². The molecular weight excluding hydrogens is 457 g/mol. The summed E-state index contributed by atoms with van der Waals surface area (Å²) < 4.78 is 5.04. The lowest BCUT2D eigenvalue weighted by molar-refractivity contribution is 0.0963. The van der Waals surface area contributed by atoms with Crippen molar-refractivity contribution in [2.75, 3.05) is 39.8 Å². The van der Waals surface area contributed by atoms with Crippen LogP contribution in [-0.2, 0) is 4.74 Å². The zero-order valence-corrected chi connectivity index (χ0v) is 19.3. The molecule has 7 nitrogen and oxygen atoms in total. The van der Waals surface area contributed by atoms with Gasteiger partial charge in [0.15, 0.2) is 5.96 Å². The van der Waals surface area contributed by atoms with Crippen molar-refractivity contribution < 1.29 is 9.53 Å². The number of rotatable bonds is 7. The molecule has 0 aromatic carbocycles. The molecule has 1 saturated carbocycles. The van der Waals surface area contributed by atoms with Gasteiger partial charge in [-0.05, 0) is 52.6 Å². The third kappa shape index (κ3) is 8.85. The number of hydrogen-bond donors (Lipinski definition) is 2. The molecule has 1 saturated heterocycles. The molecular formula is C19H38IN5O2. The molecule has 27 heavy (non-hydrogen) atoms. The van der Waals surface area contributed by atoms with Crippen LogP contribution in [0.2, 0.25) is 0 Å². The van der Waals surface area contributed by atoms with Crippen LogP contribution < -0.4 is 11.1 Å². The van der Waals surface area contributed by atoms with E-state index in [1.54, 1.807) is 4.90 Å². The van der Waals surface area contributed by atoms with Crippen molar-refractivity contribution >= 4 is 36.0 Å². The summed E-state index contributed by atoms with van der Waals surface area (Å²) in [5.74, 6) is 0.528. The number of nitrogens with two attached hydrogens (primary N) is 1. The van der Waals surface area contributed by atoms with E-state index in [-0.39, 0.29) is 36.1 Å². The summed E-state index contributed by atoms with van der Waals surface area (Å²) in [6.45, 7) is 5.51. The Labute approximate surface area is 181 Å². The second-order valence-electron chi connectivity index (χ2n) is 7.50. The number of carbonyl (C=O) groups excluding carboxylic acids is 1. The van der Waals surface area contributed by atoms with E-state index >= 15 is 0 Å². The highest BCUT2D eigenvalue weighted by atomic mass is 127. The van der Waals surface area contributed by atoms with Gasteiger partial charge in [-0.3, -0.25) is 4.99 Å². The molecule has 1 heterocycles. The minimum Gasteiger partial charge on any atom is -0.450 e. The Kier molecular flexibility index (Phi) is 12.1. The average molecular weight is 495 g/mol. The molecule has 0 aromatic heterocycles. The topological polar surface area (TPSA) is 83.2 Å². The number of guanidine groups is 1. The molecule has 1 aliphatic carbocycles. The van der Waals surface area contributed by atoms with Gasteiger partial charge in [-0.15, -0.1) is 24.0 Å². The molecule has 2 fully saturated rings. The number of nitrogens with one attached hydrogen (secondary N) is 1. The van der Waals surface area contributed by atoms with Crippen LogP contribution in [0.5, 0.6) is 0 Å². The number of aliphatic imine (C=N–C) groups is 1. The predicted molar refractivity (Wildman–Crippen MR) is 121 cm³/mol. The first-order chi connectivity index (χ1) is 12.6. The minimum absolute atomic E-state index is 0. The Balaban J connectivity index is 0.00000364. The van der Waals surface area contributed by atoms with Crippen LogP contribution in [0.4, 0.5) is 4.79 Å². The van der Waals surface area contributed by atoms with Crippen LogP contribution >= 0.6 is 24.0 Å². The van der Waals surface area contributed by atoms with E-state index in [1.165, 1.54) is 32.1 Å². The lowest BCUT2D eigenvalue weighted by Gasteiger charge is -2.32. The van der Waals surface area contributed by atoms with Gasteiger partial charge in [0.05, 0.1) is 6.61 Å². The number of ether oxygens (including phenoxy) is 1. The van der Waals surface area contributed by atoms with Crippen LogP contribution in [0.15, 0.2) is 4.99 Å². The Bertz CT molecular complexity index is 449. The maximum Gasteiger partial charge on any atom is 0.409 e. The lowest BCUT2D eigenvalue weighted by Crippen LogP contribution is -2.48. The van der Waals surface area contributed by atoms with Gasteiger partial charge in [-0.25, -0.2) is 4.79 Å². The van der Waals surface area contributed by atoms with Gasteiger partial charge in [-0.2, -0.15) is 0 Å². The number of amides is 1. The first-order valence-electron chi connectivity index (χ1n) is 10.3. The predicted octanol–water partition coefficient (Wildman–Crippen LogP) is 2.78. The van der Waals surface area contributed by atoms with E-state index < -0.39 is 0 Å². The Morgan fingerprint density at radius 2 is 1.89 bits per heavy atom. The first kappa shape index (κ1) is 24.3. The number of halogens is 1. The van der Waals surface area contributed by atoms with Gasteiger partial charge in [0.1, 0.15) is 0 Å². The maximum atomic E-state index is 11.7. The molecule has 0 radical (unpaired) electrons. The van der Waals surface area contributed by atoms with Gasteiger partial charge in [0.25, 0.3) is 0 Å². The SMILES string of the molecule is CCOC(=O)N1CCC(NC(N)=NCCCN(C)C2CCCCC2)CC1.I. The van der Waals surface area contributed by atoms with Crippen molar-refractivity contribution in [1.82, 2.24) is 15.1 Å². The van der Waals surface area contributed by atoms with Gasteiger partial charge >= 0.3 is 6.09 Å². The van der Waals surface area contributed by atoms with Crippen LogP contribution in [-0.4, -0.2) is 73.8 Å². The fourth-order valence-electron chi connectivity index (χ4n) is 3.90. The van der Waals surface area contributed by atoms with Gasteiger partial charge in [0.2, 0.25) is 0 Å². The van der Waals surface area contributed by atoms with Crippen LogP contribution in [0.1, 0.15) is 58.3 Å². The molecule has 0 bridgehead atoms. The smallest absolute Gasteiger partial charge is 0.409 e. The van der Waals surface area contributed by atoms with E-state index in [0.29, 0.717) is 25.7 Å². The Hall–Kier alpha value is -0.770. The van der Waals surface area contributed by atoms with Crippen molar-refractivity contribution in [1.29, 1.82) is 0 Å². The van der Waals surface area contributed by atoms with Crippen molar-refractivity contribution in [3.05, 3.63) is 0 Å². The summed E-state index contributed by atoms with van der Waals surface area (Å²) in [7, 11) is 2.23. The lowest BCUT2D eigenvalue weighted by atomic mass is 9.94. The summed E-state index contributed by atoms with van der Waals surface area (Å²) >= 11 is 0. The van der Waals surface area contributed by atoms with Crippen molar-refractivity contribution in [2.24, 2.45) is 10.7 Å². The van der Waals surface area contributed by atoms with E-state index in [9.17, 15) is 4.79 Å². The van der Waals surface area contributed by atoms with E-state index in [4.69, 9.17) is 10.5 Å². The van der Waals surface area contributed by atoms with Crippen molar-refractivity contribution in [3.8, 4) is 0 Å². The highest BCUT2D eigenvalue weighted by molar-refractivity contribution is 14.0. The summed E-state index contributed by atoms with van der Waals surface area (Å²) in [5, 5.41) is 3.30. The highest BCUT2D eigenvalue weighted by Gasteiger charge is 2.23. The molecule has 0 atom stereocenters. The normalized spacial score (nSPS) is 19.7. The fraction of sp³-hybridized carbons (Fsp3) is 0.895. The number of nitrogens with zero attached hydrogens (tertiary/aromatic N) is 3. The summed E-state index contributed by atoms with van der Waals surface area (Å²) in [6, 6.07) is 1.04. The summed E-state index contributed by atoms with van der Waals surface area (Å²) in [5.41, 5.74) is 6.03.